The number of hydrogen-bond acceptors (Lipinski definition) is 1. The molecule has 0 radical (unpaired) electrons. The van der Waals surface area contributed by atoms with Crippen LogP contribution in [0.1, 0.15) is 11.3 Å². The van der Waals surface area contributed by atoms with E-state index in [1.807, 2.05) is 6.08 Å². The highest BCUT2D eigenvalue weighted by atomic mass is 16.3. The number of rotatable bonds is 8. The Kier molecular flexibility index (Phi) is 10.2. The lowest BCUT2D eigenvalue weighted by Gasteiger charge is -2.15. The van der Waals surface area contributed by atoms with Crippen molar-refractivity contribution in [3.05, 3.63) is 290 Å². The van der Waals surface area contributed by atoms with Gasteiger partial charge in [-0.2, -0.15) is 0 Å². The third kappa shape index (κ3) is 7.31. The molecule has 0 atom stereocenters. The molecule has 4 heteroatoms. The van der Waals surface area contributed by atoms with E-state index < -0.39 is 0 Å². The van der Waals surface area contributed by atoms with Gasteiger partial charge in [0.25, 0.3) is 0 Å². The first-order valence-electron chi connectivity index (χ1n) is 27.0. The summed E-state index contributed by atoms with van der Waals surface area (Å²) in [5.74, 6) is 0. The van der Waals surface area contributed by atoms with Gasteiger partial charge >= 0.3 is 0 Å². The molecule has 1 aliphatic rings. The number of allylic oxidation sites excluding steroid dienone is 2. The van der Waals surface area contributed by atoms with Crippen LogP contribution in [0.15, 0.2) is 283 Å². The first-order chi connectivity index (χ1) is 39.2. The zero-order valence-corrected chi connectivity index (χ0v) is 42.9. The van der Waals surface area contributed by atoms with E-state index in [2.05, 4.69) is 299 Å². The molecular formula is C75H47N3O. The van der Waals surface area contributed by atoms with Crippen LogP contribution in [-0.2, 0) is 0 Å². The van der Waals surface area contributed by atoms with Crippen LogP contribution in [0.3, 0.4) is 0 Å². The Hall–Kier alpha value is -10.6. The SMILES string of the molecule is C1=CC=Cc2c(c3c4ccc(-n5c6ccccc6c6ccc(-c7ccccc7)cc65)cc4n(-c4ccc5oc6ccc(-c7cccc(-c8cccc(-c9cccc(-c%10ccccc%10)c9)c8)c7)cc6c5c4)c3n2-c2ccccc2)C=1. The van der Waals surface area contributed by atoms with Crippen LogP contribution in [0, 0.1) is 0 Å². The lowest BCUT2D eigenvalue weighted by atomic mass is 9.94. The molecule has 4 nitrogen and oxygen atoms in total. The van der Waals surface area contributed by atoms with Crippen molar-refractivity contribution >= 4 is 77.8 Å². The molecule has 0 amide bonds. The molecular weight excluding hydrogens is 959 g/mol. The fraction of sp³-hybridized carbons (Fsp3) is 0. The van der Waals surface area contributed by atoms with Crippen molar-refractivity contribution in [2.75, 3.05) is 0 Å². The van der Waals surface area contributed by atoms with Crippen LogP contribution in [0.4, 0.5) is 0 Å². The van der Waals surface area contributed by atoms with E-state index in [4.69, 9.17) is 4.42 Å². The zero-order valence-electron chi connectivity index (χ0n) is 42.9. The zero-order chi connectivity index (χ0) is 52.0. The van der Waals surface area contributed by atoms with Gasteiger partial charge in [0.05, 0.1) is 22.2 Å². The average Bonchev–Trinajstić information content (AvgIpc) is 4.35. The second kappa shape index (κ2) is 18.0. The molecule has 0 saturated carbocycles. The van der Waals surface area contributed by atoms with Crippen molar-refractivity contribution < 1.29 is 4.42 Å². The third-order valence-electron chi connectivity index (χ3n) is 16.1. The highest BCUT2D eigenvalue weighted by Gasteiger charge is 2.26. The molecule has 0 N–H and O–H groups in total. The highest BCUT2D eigenvalue weighted by Crippen LogP contribution is 2.45. The van der Waals surface area contributed by atoms with E-state index in [1.54, 1.807) is 0 Å². The van der Waals surface area contributed by atoms with Gasteiger partial charge in [-0.3, -0.25) is 9.13 Å². The Labute approximate surface area is 456 Å². The second-order valence-electron chi connectivity index (χ2n) is 20.6. The van der Waals surface area contributed by atoms with E-state index in [-0.39, 0.29) is 0 Å². The minimum Gasteiger partial charge on any atom is -0.456 e. The molecule has 0 spiro atoms. The van der Waals surface area contributed by atoms with Gasteiger partial charge in [0, 0.05) is 54.9 Å². The van der Waals surface area contributed by atoms with E-state index in [1.165, 1.54) is 60.7 Å². The van der Waals surface area contributed by atoms with Gasteiger partial charge in [0.2, 0.25) is 0 Å². The molecule has 11 aromatic carbocycles. The van der Waals surface area contributed by atoms with Gasteiger partial charge in [-0.05, 0) is 159 Å². The first kappa shape index (κ1) is 44.6. The minimum atomic E-state index is 0.843. The Morgan fingerprint density at radius 1 is 0.304 bits per heavy atom. The smallest absolute Gasteiger partial charge is 0.135 e. The lowest BCUT2D eigenvalue weighted by Crippen LogP contribution is -2.04. The minimum absolute atomic E-state index is 0.843. The van der Waals surface area contributed by atoms with Crippen LogP contribution in [0.2, 0.25) is 0 Å². The molecule has 79 heavy (non-hydrogen) atoms. The summed E-state index contributed by atoms with van der Waals surface area (Å²) in [4.78, 5) is 0. The summed E-state index contributed by atoms with van der Waals surface area (Å²) in [6.45, 7) is 0. The number of hydrogen-bond donors (Lipinski definition) is 0. The van der Waals surface area contributed by atoms with E-state index in [0.29, 0.717) is 0 Å². The molecule has 368 valence electrons. The molecule has 0 saturated heterocycles. The van der Waals surface area contributed by atoms with E-state index in [0.717, 1.165) is 89.0 Å². The normalized spacial score (nSPS) is 12.2. The van der Waals surface area contributed by atoms with Crippen LogP contribution in [0.5, 0.6) is 0 Å². The Morgan fingerprint density at radius 2 is 0.797 bits per heavy atom. The molecule has 0 bridgehead atoms. The van der Waals surface area contributed by atoms with Gasteiger partial charge < -0.3 is 8.98 Å². The number of benzene rings is 11. The Balaban J connectivity index is 0.873. The maximum atomic E-state index is 6.70. The average molecular weight is 1010 g/mol. The molecule has 0 aliphatic heterocycles. The fourth-order valence-corrected chi connectivity index (χ4v) is 12.4. The van der Waals surface area contributed by atoms with Gasteiger partial charge in [-0.15, -0.1) is 5.73 Å². The lowest BCUT2D eigenvalue weighted by molar-refractivity contribution is 0.669. The summed E-state index contributed by atoms with van der Waals surface area (Å²) in [6.07, 6.45) is 8.46. The molecule has 0 fully saturated rings. The van der Waals surface area contributed by atoms with E-state index in [9.17, 15) is 0 Å². The summed E-state index contributed by atoms with van der Waals surface area (Å²) >= 11 is 0. The monoisotopic (exact) mass is 1010 g/mol. The third-order valence-corrected chi connectivity index (χ3v) is 16.1. The maximum absolute atomic E-state index is 6.70. The van der Waals surface area contributed by atoms with Crippen molar-refractivity contribution in [1.29, 1.82) is 0 Å². The van der Waals surface area contributed by atoms with Gasteiger partial charge in [-0.1, -0.05) is 182 Å². The van der Waals surface area contributed by atoms with Crippen molar-refractivity contribution in [2.45, 2.75) is 0 Å². The number of nitrogens with zero attached hydrogens (tertiary/aromatic N) is 3. The van der Waals surface area contributed by atoms with E-state index >= 15 is 0 Å². The molecule has 4 heterocycles. The fourth-order valence-electron chi connectivity index (χ4n) is 12.4. The second-order valence-corrected chi connectivity index (χ2v) is 20.6. The predicted octanol–water partition coefficient (Wildman–Crippen LogP) is 20.1. The van der Waals surface area contributed by atoms with Crippen molar-refractivity contribution in [2.24, 2.45) is 0 Å². The highest BCUT2D eigenvalue weighted by molar-refractivity contribution is 6.16. The summed E-state index contributed by atoms with van der Waals surface area (Å²) in [7, 11) is 0. The quantitative estimate of drug-likeness (QED) is 0.139. The number of para-hydroxylation sites is 2. The topological polar surface area (TPSA) is 27.9 Å². The maximum Gasteiger partial charge on any atom is 0.135 e. The van der Waals surface area contributed by atoms with Crippen LogP contribution >= 0.6 is 0 Å². The number of aromatic nitrogens is 3. The summed E-state index contributed by atoms with van der Waals surface area (Å²) in [5.41, 5.74) is 26.9. The van der Waals surface area contributed by atoms with Crippen LogP contribution in [0.25, 0.3) is 151 Å². The predicted molar refractivity (Wildman–Crippen MR) is 330 cm³/mol. The molecule has 4 aromatic heterocycles. The standard InChI is InChI=1S/C75H47N3O/c1-5-18-49(19-6-1)51-22-15-23-52(42-51)53-24-16-25-54(43-53)55-26-17-27-56(44-55)57-35-40-72-66(45-57)67-47-60(37-41-73(67)79-72)78-71-48-61(76-68-33-14-13-30-62(68)63-38-34-58(46-70(63)76)50-20-7-2-8-21-50)36-39-65(71)74-64-31-11-4-12-32-69(64)77(75(74)78)59-28-9-3-10-29-59/h1-10,12-48H. The molecule has 15 aromatic rings. The number of fused-ring (bicyclic) bond motifs is 11. The Morgan fingerprint density at radius 3 is 1.48 bits per heavy atom. The van der Waals surface area contributed by atoms with Crippen molar-refractivity contribution in [3.63, 3.8) is 0 Å². The summed E-state index contributed by atoms with van der Waals surface area (Å²) in [5, 5.41) is 6.90. The molecule has 1 aliphatic carbocycles. The largest absolute Gasteiger partial charge is 0.456 e. The summed E-state index contributed by atoms with van der Waals surface area (Å²) in [6, 6.07) is 94.7. The molecule has 0 unspecified atom stereocenters. The van der Waals surface area contributed by atoms with Gasteiger partial charge in [0.15, 0.2) is 0 Å². The van der Waals surface area contributed by atoms with Gasteiger partial charge in [-0.25, -0.2) is 0 Å². The Bertz CT molecular complexity index is 5040. The summed E-state index contributed by atoms with van der Waals surface area (Å²) < 4.78 is 14.0. The van der Waals surface area contributed by atoms with Crippen molar-refractivity contribution in [3.8, 4) is 72.7 Å². The number of furan rings is 1. The molecule has 16 rings (SSSR count). The van der Waals surface area contributed by atoms with Crippen LogP contribution in [-0.4, -0.2) is 13.7 Å². The van der Waals surface area contributed by atoms with Crippen LogP contribution < -0.4 is 0 Å². The first-order valence-corrected chi connectivity index (χ1v) is 27.0. The van der Waals surface area contributed by atoms with Crippen molar-refractivity contribution in [1.82, 2.24) is 13.7 Å². The van der Waals surface area contributed by atoms with Gasteiger partial charge in [0.1, 0.15) is 16.8 Å².